The average molecular weight is 280 g/mol. The minimum absolute atomic E-state index is 0.0123. The maximum absolute atomic E-state index is 13.4. The molecule has 0 spiro atoms. The summed E-state index contributed by atoms with van der Waals surface area (Å²) >= 11 is 0. The van der Waals surface area contributed by atoms with Gasteiger partial charge in [-0.1, -0.05) is 0 Å². The van der Waals surface area contributed by atoms with Crippen molar-refractivity contribution >= 4 is 0 Å². The van der Waals surface area contributed by atoms with Gasteiger partial charge in [0.2, 0.25) is 0 Å². The third-order valence-electron chi connectivity index (χ3n) is 2.31. The van der Waals surface area contributed by atoms with Crippen LogP contribution in [0.1, 0.15) is 5.56 Å². The SMILES string of the molecule is COc1cc(C#N)cc(Oc2nc(F)c(F)cc2F)c1. The molecule has 2 rings (SSSR count). The fourth-order valence-corrected chi connectivity index (χ4v) is 1.42. The van der Waals surface area contributed by atoms with Gasteiger partial charge in [0.15, 0.2) is 11.6 Å². The Morgan fingerprint density at radius 2 is 1.75 bits per heavy atom. The molecule has 102 valence electrons. The third-order valence-corrected chi connectivity index (χ3v) is 2.31. The van der Waals surface area contributed by atoms with Crippen molar-refractivity contribution in [2.75, 3.05) is 7.11 Å². The second-order valence-electron chi connectivity index (χ2n) is 3.66. The number of methoxy groups -OCH3 is 1. The lowest BCUT2D eigenvalue weighted by molar-refractivity contribution is 0.380. The number of aromatic nitrogens is 1. The number of rotatable bonds is 3. The number of halogens is 3. The molecule has 0 fully saturated rings. The van der Waals surface area contributed by atoms with E-state index in [-0.39, 0.29) is 11.3 Å². The number of nitrogens with zero attached hydrogens (tertiary/aromatic N) is 2. The number of benzene rings is 1. The standard InChI is InChI=1S/C13H7F3N2O2/c1-19-8-2-7(6-17)3-9(4-8)20-13-11(15)5-10(14)12(16)18-13/h2-5H,1H3. The first-order valence-corrected chi connectivity index (χ1v) is 5.32. The molecule has 1 aromatic heterocycles. The van der Waals surface area contributed by atoms with Crippen molar-refractivity contribution < 1.29 is 22.6 Å². The van der Waals surface area contributed by atoms with Crippen molar-refractivity contribution in [2.24, 2.45) is 0 Å². The Morgan fingerprint density at radius 3 is 2.40 bits per heavy atom. The summed E-state index contributed by atoms with van der Waals surface area (Å²) in [4.78, 5) is 3.02. The fourth-order valence-electron chi connectivity index (χ4n) is 1.42. The Hall–Kier alpha value is -2.75. The number of hydrogen-bond acceptors (Lipinski definition) is 4. The van der Waals surface area contributed by atoms with Crippen LogP contribution in [0.3, 0.4) is 0 Å². The van der Waals surface area contributed by atoms with E-state index < -0.39 is 23.5 Å². The average Bonchev–Trinajstić information content (AvgIpc) is 2.44. The minimum Gasteiger partial charge on any atom is -0.497 e. The molecule has 0 aliphatic heterocycles. The van der Waals surface area contributed by atoms with E-state index in [2.05, 4.69) is 4.98 Å². The summed E-state index contributed by atoms with van der Waals surface area (Å²) in [7, 11) is 1.37. The van der Waals surface area contributed by atoms with Gasteiger partial charge >= 0.3 is 0 Å². The second kappa shape index (κ2) is 5.48. The van der Waals surface area contributed by atoms with Gasteiger partial charge in [0.1, 0.15) is 11.5 Å². The Balaban J connectivity index is 2.40. The Morgan fingerprint density at radius 1 is 1.05 bits per heavy atom. The zero-order valence-corrected chi connectivity index (χ0v) is 10.2. The molecule has 0 bridgehead atoms. The van der Waals surface area contributed by atoms with Crippen LogP contribution < -0.4 is 9.47 Å². The number of ether oxygens (including phenoxy) is 2. The highest BCUT2D eigenvalue weighted by Gasteiger charge is 2.14. The van der Waals surface area contributed by atoms with Crippen molar-refractivity contribution in [3.63, 3.8) is 0 Å². The van der Waals surface area contributed by atoms with Gasteiger partial charge in [-0.2, -0.15) is 14.6 Å². The molecule has 4 nitrogen and oxygen atoms in total. The summed E-state index contributed by atoms with van der Waals surface area (Å²) in [6.45, 7) is 0. The molecule has 2 aromatic rings. The summed E-state index contributed by atoms with van der Waals surface area (Å²) < 4.78 is 49.0. The van der Waals surface area contributed by atoms with Gasteiger partial charge in [-0.15, -0.1) is 0 Å². The lowest BCUT2D eigenvalue weighted by Gasteiger charge is -2.08. The van der Waals surface area contributed by atoms with Gasteiger partial charge in [0.05, 0.1) is 18.7 Å². The first-order chi connectivity index (χ1) is 9.53. The zero-order chi connectivity index (χ0) is 14.7. The molecule has 7 heteroatoms. The molecule has 0 N–H and O–H groups in total. The van der Waals surface area contributed by atoms with Gasteiger partial charge in [-0.05, 0) is 12.1 Å². The summed E-state index contributed by atoms with van der Waals surface area (Å²) in [5.74, 6) is -4.49. The van der Waals surface area contributed by atoms with Crippen LogP contribution in [0.15, 0.2) is 24.3 Å². The minimum atomic E-state index is -1.48. The first-order valence-electron chi connectivity index (χ1n) is 5.32. The molecular formula is C13H7F3N2O2. The number of nitriles is 1. The van der Waals surface area contributed by atoms with E-state index in [0.29, 0.717) is 11.8 Å². The molecule has 0 unspecified atom stereocenters. The highest BCUT2D eigenvalue weighted by atomic mass is 19.2. The van der Waals surface area contributed by atoms with E-state index in [9.17, 15) is 13.2 Å². The predicted molar refractivity (Wildman–Crippen MR) is 61.9 cm³/mol. The molecule has 0 atom stereocenters. The number of hydrogen-bond donors (Lipinski definition) is 0. The van der Waals surface area contributed by atoms with Crippen LogP contribution in [0.4, 0.5) is 13.2 Å². The van der Waals surface area contributed by atoms with E-state index in [1.54, 1.807) is 0 Å². The molecule has 0 saturated carbocycles. The fraction of sp³-hybridized carbons (Fsp3) is 0.0769. The molecule has 0 saturated heterocycles. The van der Waals surface area contributed by atoms with Crippen LogP contribution >= 0.6 is 0 Å². The van der Waals surface area contributed by atoms with Crippen LogP contribution in [0.2, 0.25) is 0 Å². The zero-order valence-electron chi connectivity index (χ0n) is 10.2. The van der Waals surface area contributed by atoms with Gasteiger partial charge < -0.3 is 9.47 Å². The summed E-state index contributed by atoms with van der Waals surface area (Å²) in [6, 6.07) is 6.24. The van der Waals surface area contributed by atoms with Crippen molar-refractivity contribution in [1.82, 2.24) is 4.98 Å². The van der Waals surface area contributed by atoms with E-state index >= 15 is 0 Å². The van der Waals surface area contributed by atoms with Gasteiger partial charge in [-0.25, -0.2) is 8.78 Å². The van der Waals surface area contributed by atoms with Crippen LogP contribution in [0.25, 0.3) is 0 Å². The van der Waals surface area contributed by atoms with Crippen LogP contribution in [0.5, 0.6) is 17.4 Å². The Bertz CT molecular complexity index is 699. The Kier molecular flexibility index (Phi) is 3.75. The summed E-state index contributed by atoms with van der Waals surface area (Å²) in [5.41, 5.74) is 0.197. The van der Waals surface area contributed by atoms with E-state index in [1.807, 2.05) is 6.07 Å². The predicted octanol–water partition coefficient (Wildman–Crippen LogP) is 3.17. The summed E-state index contributed by atoms with van der Waals surface area (Å²) in [6.07, 6.45) is 0. The largest absolute Gasteiger partial charge is 0.497 e. The molecule has 0 radical (unpaired) electrons. The lowest BCUT2D eigenvalue weighted by Crippen LogP contribution is -1.98. The molecule has 20 heavy (non-hydrogen) atoms. The van der Waals surface area contributed by atoms with Gasteiger partial charge in [0.25, 0.3) is 11.8 Å². The summed E-state index contributed by atoms with van der Waals surface area (Å²) in [5, 5.41) is 8.82. The molecule has 1 heterocycles. The van der Waals surface area contributed by atoms with E-state index in [4.69, 9.17) is 14.7 Å². The third kappa shape index (κ3) is 2.80. The normalized spacial score (nSPS) is 9.95. The quantitative estimate of drug-likeness (QED) is 0.810. The maximum Gasteiger partial charge on any atom is 0.258 e. The Labute approximate surface area is 112 Å². The van der Waals surface area contributed by atoms with Crippen molar-refractivity contribution in [3.05, 3.63) is 47.4 Å². The molecular weight excluding hydrogens is 273 g/mol. The molecule has 0 aliphatic carbocycles. The van der Waals surface area contributed by atoms with Gasteiger partial charge in [0, 0.05) is 12.1 Å². The van der Waals surface area contributed by atoms with E-state index in [0.717, 1.165) is 0 Å². The van der Waals surface area contributed by atoms with Crippen LogP contribution in [-0.4, -0.2) is 12.1 Å². The highest BCUT2D eigenvalue weighted by Crippen LogP contribution is 2.28. The lowest BCUT2D eigenvalue weighted by atomic mass is 10.2. The molecule has 0 amide bonds. The van der Waals surface area contributed by atoms with Gasteiger partial charge in [-0.3, -0.25) is 0 Å². The molecule has 0 aliphatic rings. The van der Waals surface area contributed by atoms with Crippen molar-refractivity contribution in [2.45, 2.75) is 0 Å². The van der Waals surface area contributed by atoms with Crippen molar-refractivity contribution in [1.29, 1.82) is 5.26 Å². The highest BCUT2D eigenvalue weighted by molar-refractivity contribution is 5.45. The van der Waals surface area contributed by atoms with E-state index in [1.165, 1.54) is 25.3 Å². The van der Waals surface area contributed by atoms with Crippen LogP contribution in [0, 0.1) is 28.9 Å². The maximum atomic E-state index is 13.4. The van der Waals surface area contributed by atoms with Crippen LogP contribution in [-0.2, 0) is 0 Å². The topological polar surface area (TPSA) is 55.1 Å². The first kappa shape index (κ1) is 13.7. The van der Waals surface area contributed by atoms with Crippen molar-refractivity contribution in [3.8, 4) is 23.4 Å². The number of pyridine rings is 1. The smallest absolute Gasteiger partial charge is 0.258 e. The molecule has 1 aromatic carbocycles. The second-order valence-corrected chi connectivity index (χ2v) is 3.66. The monoisotopic (exact) mass is 280 g/mol.